The molecule has 0 radical (unpaired) electrons. The fraction of sp³-hybridized carbons (Fsp3) is 0.429. The van der Waals surface area contributed by atoms with Gasteiger partial charge in [0.2, 0.25) is 5.91 Å². The molecule has 0 aliphatic heterocycles. The molecule has 7 nitrogen and oxygen atoms in total. The number of esters is 1. The van der Waals surface area contributed by atoms with Crippen molar-refractivity contribution < 1.29 is 19.1 Å². The molecule has 0 spiro atoms. The van der Waals surface area contributed by atoms with E-state index >= 15 is 0 Å². The number of pyridine rings is 1. The van der Waals surface area contributed by atoms with E-state index in [2.05, 4.69) is 31.0 Å². The normalized spacial score (nSPS) is 11.5. The van der Waals surface area contributed by atoms with Crippen LogP contribution in [0.25, 0.3) is 0 Å². The van der Waals surface area contributed by atoms with E-state index in [0.717, 1.165) is 0 Å². The first-order valence-electron chi connectivity index (χ1n) is 6.53. The lowest BCUT2D eigenvalue weighted by molar-refractivity contribution is -0.145. The summed E-state index contributed by atoms with van der Waals surface area (Å²) in [5.74, 6) is -1.20. The summed E-state index contributed by atoms with van der Waals surface area (Å²) in [6.45, 7) is 3.23. The van der Waals surface area contributed by atoms with Crippen molar-refractivity contribution in [2.75, 3.05) is 26.0 Å². The molecule has 0 aromatic carbocycles. The molecule has 1 aromatic heterocycles. The molecule has 0 aliphatic carbocycles. The minimum atomic E-state index is -0.448. The standard InChI is InChI=1S/C14H18BrN3O4/c1-8(14(21)22-4)7-18(3)13(20)12-10(15)5-6-11(17-12)16-9(2)19/h5-6,8H,7H2,1-4H3,(H,16,17,19)/t8-/m1/s1. The summed E-state index contributed by atoms with van der Waals surface area (Å²) in [7, 11) is 2.87. The Balaban J connectivity index is 2.91. The third kappa shape index (κ3) is 4.80. The zero-order valence-electron chi connectivity index (χ0n) is 12.8. The first kappa shape index (κ1) is 18.1. The third-order valence-electron chi connectivity index (χ3n) is 2.85. The number of halogens is 1. The second kappa shape index (κ2) is 7.88. The minimum Gasteiger partial charge on any atom is -0.469 e. The minimum absolute atomic E-state index is 0.158. The maximum atomic E-state index is 12.4. The summed E-state index contributed by atoms with van der Waals surface area (Å²) in [4.78, 5) is 40.4. The molecule has 2 amide bonds. The maximum Gasteiger partial charge on any atom is 0.310 e. The van der Waals surface area contributed by atoms with Crippen LogP contribution in [0, 0.1) is 5.92 Å². The molecule has 120 valence electrons. The van der Waals surface area contributed by atoms with E-state index in [0.29, 0.717) is 4.47 Å². The van der Waals surface area contributed by atoms with Crippen LogP contribution in [0.4, 0.5) is 5.82 Å². The molecule has 1 rings (SSSR count). The molecule has 1 aromatic rings. The summed E-state index contributed by atoms with van der Waals surface area (Å²) in [6.07, 6.45) is 0. The van der Waals surface area contributed by atoms with Crippen LogP contribution >= 0.6 is 15.9 Å². The van der Waals surface area contributed by atoms with Crippen molar-refractivity contribution in [2.45, 2.75) is 13.8 Å². The number of aromatic nitrogens is 1. The van der Waals surface area contributed by atoms with Crippen molar-refractivity contribution in [2.24, 2.45) is 5.92 Å². The average molecular weight is 372 g/mol. The van der Waals surface area contributed by atoms with Gasteiger partial charge >= 0.3 is 5.97 Å². The summed E-state index contributed by atoms with van der Waals surface area (Å²) in [5.41, 5.74) is 0.158. The van der Waals surface area contributed by atoms with Crippen molar-refractivity contribution in [1.82, 2.24) is 9.88 Å². The van der Waals surface area contributed by atoms with E-state index in [9.17, 15) is 14.4 Å². The lowest BCUT2D eigenvalue weighted by atomic mass is 10.1. The lowest BCUT2D eigenvalue weighted by Gasteiger charge is -2.20. The van der Waals surface area contributed by atoms with Crippen molar-refractivity contribution in [3.8, 4) is 0 Å². The van der Waals surface area contributed by atoms with Gasteiger partial charge in [0.05, 0.1) is 13.0 Å². The number of nitrogens with one attached hydrogen (secondary N) is 1. The monoisotopic (exact) mass is 371 g/mol. The number of methoxy groups -OCH3 is 1. The number of hydrogen-bond acceptors (Lipinski definition) is 5. The topological polar surface area (TPSA) is 88.6 Å². The summed E-state index contributed by atoms with van der Waals surface area (Å²) >= 11 is 3.26. The maximum absolute atomic E-state index is 12.4. The number of anilines is 1. The molecule has 0 aliphatic rings. The highest BCUT2D eigenvalue weighted by Gasteiger charge is 2.22. The molecule has 8 heteroatoms. The predicted octanol–water partition coefficient (Wildman–Crippen LogP) is 1.68. The van der Waals surface area contributed by atoms with Gasteiger partial charge in [-0.3, -0.25) is 14.4 Å². The van der Waals surface area contributed by atoms with E-state index in [1.54, 1.807) is 26.1 Å². The Kier molecular flexibility index (Phi) is 6.48. The Hall–Kier alpha value is -1.96. The van der Waals surface area contributed by atoms with Gasteiger partial charge < -0.3 is 15.0 Å². The third-order valence-corrected chi connectivity index (χ3v) is 3.49. The van der Waals surface area contributed by atoms with E-state index in [4.69, 9.17) is 0 Å². The van der Waals surface area contributed by atoms with E-state index in [1.807, 2.05) is 0 Å². The number of amides is 2. The SMILES string of the molecule is COC(=O)[C@H](C)CN(C)C(=O)c1nc(NC(C)=O)ccc1Br. The average Bonchev–Trinajstić information content (AvgIpc) is 2.46. The van der Waals surface area contributed by atoms with Gasteiger partial charge in [0.1, 0.15) is 11.5 Å². The molecular formula is C14H18BrN3O4. The smallest absolute Gasteiger partial charge is 0.310 e. The molecule has 1 atom stereocenters. The Morgan fingerprint density at radius 1 is 1.41 bits per heavy atom. The highest BCUT2D eigenvalue weighted by atomic mass is 79.9. The quantitative estimate of drug-likeness (QED) is 0.795. The van der Waals surface area contributed by atoms with Crippen molar-refractivity contribution >= 4 is 39.5 Å². The molecule has 0 bridgehead atoms. The lowest BCUT2D eigenvalue weighted by Crippen LogP contribution is -2.34. The van der Waals surface area contributed by atoms with Crippen LogP contribution in [0.3, 0.4) is 0 Å². The first-order chi connectivity index (χ1) is 10.3. The zero-order valence-corrected chi connectivity index (χ0v) is 14.4. The predicted molar refractivity (Wildman–Crippen MR) is 84.4 cm³/mol. The summed E-state index contributed by atoms with van der Waals surface area (Å²) in [5, 5.41) is 2.52. The van der Waals surface area contributed by atoms with E-state index < -0.39 is 11.9 Å². The molecule has 0 saturated carbocycles. The van der Waals surface area contributed by atoms with Crippen LogP contribution in [-0.2, 0) is 14.3 Å². The molecule has 0 unspecified atom stereocenters. The molecule has 0 saturated heterocycles. The van der Waals surface area contributed by atoms with Crippen LogP contribution in [0.5, 0.6) is 0 Å². The van der Waals surface area contributed by atoms with Gasteiger partial charge in [-0.2, -0.15) is 0 Å². The first-order valence-corrected chi connectivity index (χ1v) is 7.33. The van der Waals surface area contributed by atoms with Gasteiger partial charge in [-0.15, -0.1) is 0 Å². The second-order valence-corrected chi connectivity index (χ2v) is 5.67. The van der Waals surface area contributed by atoms with Crippen LogP contribution in [0.2, 0.25) is 0 Å². The van der Waals surface area contributed by atoms with Gasteiger partial charge in [-0.25, -0.2) is 4.98 Å². The van der Waals surface area contributed by atoms with Gasteiger partial charge in [-0.1, -0.05) is 6.92 Å². The van der Waals surface area contributed by atoms with E-state index in [1.165, 1.54) is 18.9 Å². The number of carbonyl (C=O) groups excluding carboxylic acids is 3. The van der Waals surface area contributed by atoms with Crippen LogP contribution in [0.15, 0.2) is 16.6 Å². The number of carbonyl (C=O) groups is 3. The number of nitrogens with zero attached hydrogens (tertiary/aromatic N) is 2. The molecule has 1 N–H and O–H groups in total. The molecular weight excluding hydrogens is 354 g/mol. The van der Waals surface area contributed by atoms with Gasteiger partial charge in [0, 0.05) is 25.0 Å². The van der Waals surface area contributed by atoms with Gasteiger partial charge in [0.25, 0.3) is 5.91 Å². The summed E-state index contributed by atoms with van der Waals surface area (Å²) in [6, 6.07) is 3.21. The van der Waals surface area contributed by atoms with Crippen molar-refractivity contribution in [3.63, 3.8) is 0 Å². The highest BCUT2D eigenvalue weighted by molar-refractivity contribution is 9.10. The van der Waals surface area contributed by atoms with E-state index in [-0.39, 0.29) is 29.9 Å². The number of hydrogen-bond donors (Lipinski definition) is 1. The Bertz CT molecular complexity index is 591. The number of rotatable bonds is 5. The largest absolute Gasteiger partial charge is 0.469 e. The highest BCUT2D eigenvalue weighted by Crippen LogP contribution is 2.19. The van der Waals surface area contributed by atoms with Crippen LogP contribution in [0.1, 0.15) is 24.3 Å². The Labute approximate surface area is 137 Å². The van der Waals surface area contributed by atoms with Crippen molar-refractivity contribution in [3.05, 3.63) is 22.3 Å². The van der Waals surface area contributed by atoms with Crippen LogP contribution in [-0.4, -0.2) is 48.4 Å². The number of ether oxygens (including phenoxy) is 1. The zero-order chi connectivity index (χ0) is 16.9. The molecule has 0 fully saturated rings. The molecule has 1 heterocycles. The van der Waals surface area contributed by atoms with Crippen LogP contribution < -0.4 is 5.32 Å². The van der Waals surface area contributed by atoms with Gasteiger partial charge in [0.15, 0.2) is 0 Å². The Morgan fingerprint density at radius 3 is 2.59 bits per heavy atom. The summed E-state index contributed by atoms with van der Waals surface area (Å²) < 4.78 is 5.14. The Morgan fingerprint density at radius 2 is 2.05 bits per heavy atom. The molecule has 22 heavy (non-hydrogen) atoms. The second-order valence-electron chi connectivity index (χ2n) is 4.82. The fourth-order valence-electron chi connectivity index (χ4n) is 1.79. The fourth-order valence-corrected chi connectivity index (χ4v) is 2.18. The van der Waals surface area contributed by atoms with Crippen molar-refractivity contribution in [1.29, 1.82) is 0 Å². The van der Waals surface area contributed by atoms with Gasteiger partial charge in [-0.05, 0) is 28.1 Å².